The summed E-state index contributed by atoms with van der Waals surface area (Å²) in [6.07, 6.45) is 6.96. The van der Waals surface area contributed by atoms with Gasteiger partial charge in [-0.15, -0.1) is 0 Å². The van der Waals surface area contributed by atoms with E-state index in [9.17, 15) is 9.46 Å². The summed E-state index contributed by atoms with van der Waals surface area (Å²) in [6, 6.07) is 0. The molecule has 1 rings (SSSR count). The van der Waals surface area contributed by atoms with E-state index in [1.54, 1.807) is 0 Å². The van der Waals surface area contributed by atoms with Gasteiger partial charge in [-0.05, 0) is 43.2 Å². The summed E-state index contributed by atoms with van der Waals surface area (Å²) in [7, 11) is -2.02. The Balaban J connectivity index is 2.56. The summed E-state index contributed by atoms with van der Waals surface area (Å²) in [5.41, 5.74) is 5.43. The molecular formula is C9H19NO2P+. The van der Waals surface area contributed by atoms with Crippen LogP contribution in [0.5, 0.6) is 0 Å². The first-order chi connectivity index (χ1) is 6.21. The van der Waals surface area contributed by atoms with Crippen molar-refractivity contribution in [3.8, 4) is 0 Å². The molecule has 1 fully saturated rings. The van der Waals surface area contributed by atoms with Crippen molar-refractivity contribution in [2.45, 2.75) is 50.1 Å². The fraction of sp³-hybridized carbons (Fsp3) is 1.00. The Kier molecular flexibility index (Phi) is 4.30. The molecule has 1 unspecified atom stereocenters. The number of rotatable bonds is 4. The predicted octanol–water partition coefficient (Wildman–Crippen LogP) is 2.16. The SMILES string of the molecule is NCCCC1([P+](=O)O)CCCCC1. The maximum absolute atomic E-state index is 11.3. The lowest BCUT2D eigenvalue weighted by atomic mass is 9.85. The Hall–Kier alpha value is 0.0200. The van der Waals surface area contributed by atoms with Crippen molar-refractivity contribution < 1.29 is 9.46 Å². The Bertz CT molecular complexity index is 178. The third-order valence-corrected chi connectivity index (χ3v) is 4.52. The van der Waals surface area contributed by atoms with Gasteiger partial charge in [0.2, 0.25) is 0 Å². The fourth-order valence-corrected chi connectivity index (χ4v) is 3.23. The lowest BCUT2D eigenvalue weighted by Gasteiger charge is -2.25. The molecule has 4 heteroatoms. The van der Waals surface area contributed by atoms with Crippen molar-refractivity contribution in [2.75, 3.05) is 6.54 Å². The van der Waals surface area contributed by atoms with Crippen LogP contribution in [0.1, 0.15) is 44.9 Å². The molecule has 0 heterocycles. The minimum absolute atomic E-state index is 0.285. The molecule has 0 aromatic carbocycles. The molecule has 0 amide bonds. The molecule has 0 aliphatic heterocycles. The van der Waals surface area contributed by atoms with E-state index in [1.165, 1.54) is 6.42 Å². The van der Waals surface area contributed by atoms with Crippen LogP contribution in [-0.2, 0) is 4.57 Å². The third kappa shape index (κ3) is 2.73. The van der Waals surface area contributed by atoms with Crippen LogP contribution >= 0.6 is 8.03 Å². The highest BCUT2D eigenvalue weighted by molar-refractivity contribution is 7.40. The highest BCUT2D eigenvalue weighted by Gasteiger charge is 2.48. The number of hydrogen-bond donors (Lipinski definition) is 2. The van der Waals surface area contributed by atoms with E-state index < -0.39 is 8.03 Å². The predicted molar refractivity (Wildman–Crippen MR) is 53.9 cm³/mol. The fourth-order valence-electron chi connectivity index (χ4n) is 2.18. The summed E-state index contributed by atoms with van der Waals surface area (Å²) >= 11 is 0. The summed E-state index contributed by atoms with van der Waals surface area (Å²) in [6.45, 7) is 0.630. The van der Waals surface area contributed by atoms with E-state index in [0.29, 0.717) is 6.54 Å². The highest BCUT2D eigenvalue weighted by atomic mass is 31.1. The first kappa shape index (κ1) is 11.1. The van der Waals surface area contributed by atoms with Gasteiger partial charge in [0, 0.05) is 6.42 Å². The Morgan fingerprint density at radius 1 is 1.31 bits per heavy atom. The van der Waals surface area contributed by atoms with Crippen LogP contribution in [0.25, 0.3) is 0 Å². The first-order valence-corrected chi connectivity index (χ1v) is 6.29. The minimum atomic E-state index is -2.02. The average molecular weight is 204 g/mol. The maximum Gasteiger partial charge on any atom is 0.511 e. The number of hydrogen-bond acceptors (Lipinski definition) is 2. The second-order valence-electron chi connectivity index (χ2n) is 3.95. The van der Waals surface area contributed by atoms with Gasteiger partial charge in [0.05, 0.1) is 0 Å². The molecule has 0 aromatic rings. The second-order valence-corrected chi connectivity index (χ2v) is 5.44. The van der Waals surface area contributed by atoms with Crippen LogP contribution in [0, 0.1) is 0 Å². The van der Waals surface area contributed by atoms with Gasteiger partial charge in [-0.25, -0.2) is 0 Å². The molecule has 1 saturated carbocycles. The molecule has 0 radical (unpaired) electrons. The molecule has 0 spiro atoms. The second kappa shape index (κ2) is 5.04. The molecule has 0 aromatic heterocycles. The monoisotopic (exact) mass is 204 g/mol. The quantitative estimate of drug-likeness (QED) is 0.690. The van der Waals surface area contributed by atoms with E-state index in [0.717, 1.165) is 38.5 Å². The molecular weight excluding hydrogens is 185 g/mol. The van der Waals surface area contributed by atoms with Crippen molar-refractivity contribution in [2.24, 2.45) is 5.73 Å². The largest absolute Gasteiger partial charge is 0.511 e. The first-order valence-electron chi connectivity index (χ1n) is 5.08. The lowest BCUT2D eigenvalue weighted by molar-refractivity contribution is 0.329. The highest BCUT2D eigenvalue weighted by Crippen LogP contribution is 2.49. The molecule has 0 saturated heterocycles. The van der Waals surface area contributed by atoms with Crippen molar-refractivity contribution in [3.63, 3.8) is 0 Å². The average Bonchev–Trinajstić information content (AvgIpc) is 2.16. The van der Waals surface area contributed by atoms with Gasteiger partial charge >= 0.3 is 8.03 Å². The molecule has 3 N–H and O–H groups in total. The normalized spacial score (nSPS) is 22.8. The van der Waals surface area contributed by atoms with Crippen LogP contribution in [0.3, 0.4) is 0 Å². The van der Waals surface area contributed by atoms with Gasteiger partial charge in [0.25, 0.3) is 0 Å². The standard InChI is InChI=1S/C9H18NO2P/c10-8-4-7-9(13(11)12)5-2-1-3-6-9/h1-8,10H2/p+1. The van der Waals surface area contributed by atoms with Crippen LogP contribution in [0.4, 0.5) is 0 Å². The molecule has 0 bridgehead atoms. The van der Waals surface area contributed by atoms with Crippen molar-refractivity contribution in [3.05, 3.63) is 0 Å². The van der Waals surface area contributed by atoms with Crippen molar-refractivity contribution in [1.29, 1.82) is 0 Å². The Morgan fingerprint density at radius 2 is 1.92 bits per heavy atom. The Morgan fingerprint density at radius 3 is 2.38 bits per heavy atom. The lowest BCUT2D eigenvalue weighted by Crippen LogP contribution is -2.28. The maximum atomic E-state index is 11.3. The van der Waals surface area contributed by atoms with Crippen LogP contribution in [0.2, 0.25) is 0 Å². The van der Waals surface area contributed by atoms with E-state index in [4.69, 9.17) is 5.73 Å². The van der Waals surface area contributed by atoms with E-state index >= 15 is 0 Å². The summed E-state index contributed by atoms with van der Waals surface area (Å²) in [4.78, 5) is 9.32. The minimum Gasteiger partial charge on any atom is -0.330 e. The zero-order chi connectivity index (χ0) is 9.73. The molecule has 1 aliphatic rings. The smallest absolute Gasteiger partial charge is 0.330 e. The molecule has 76 valence electrons. The number of nitrogens with two attached hydrogens (primary N) is 1. The molecule has 1 atom stereocenters. The molecule has 3 nitrogen and oxygen atoms in total. The zero-order valence-corrected chi connectivity index (χ0v) is 8.93. The molecule has 1 aliphatic carbocycles. The van der Waals surface area contributed by atoms with Gasteiger partial charge < -0.3 is 5.73 Å². The van der Waals surface area contributed by atoms with Crippen molar-refractivity contribution >= 4 is 8.03 Å². The van der Waals surface area contributed by atoms with Crippen LogP contribution < -0.4 is 5.73 Å². The summed E-state index contributed by atoms with van der Waals surface area (Å²) < 4.78 is 11.3. The van der Waals surface area contributed by atoms with E-state index in [-0.39, 0.29) is 5.16 Å². The Labute approximate surface area is 80.6 Å². The third-order valence-electron chi connectivity index (χ3n) is 3.04. The van der Waals surface area contributed by atoms with E-state index in [2.05, 4.69) is 0 Å². The van der Waals surface area contributed by atoms with Crippen LogP contribution in [-0.4, -0.2) is 16.6 Å². The van der Waals surface area contributed by atoms with Gasteiger partial charge in [0.1, 0.15) is 0 Å². The van der Waals surface area contributed by atoms with E-state index in [1.807, 2.05) is 0 Å². The topological polar surface area (TPSA) is 63.3 Å². The summed E-state index contributed by atoms with van der Waals surface area (Å²) in [5, 5.41) is -0.285. The van der Waals surface area contributed by atoms with Crippen molar-refractivity contribution in [1.82, 2.24) is 0 Å². The summed E-state index contributed by atoms with van der Waals surface area (Å²) in [5.74, 6) is 0. The van der Waals surface area contributed by atoms with Gasteiger partial charge in [0.15, 0.2) is 5.16 Å². The molecule has 13 heavy (non-hydrogen) atoms. The zero-order valence-electron chi connectivity index (χ0n) is 8.04. The van der Waals surface area contributed by atoms with Gasteiger partial charge in [-0.1, -0.05) is 6.42 Å². The van der Waals surface area contributed by atoms with Gasteiger partial charge in [-0.2, -0.15) is 4.89 Å². The van der Waals surface area contributed by atoms with Crippen LogP contribution in [0.15, 0.2) is 0 Å². The van der Waals surface area contributed by atoms with Gasteiger partial charge in [-0.3, -0.25) is 0 Å².